The van der Waals surface area contributed by atoms with Crippen molar-refractivity contribution in [1.82, 2.24) is 5.32 Å². The molecule has 0 saturated heterocycles. The smallest absolute Gasteiger partial charge is 0.252 e. The lowest BCUT2D eigenvalue weighted by Crippen LogP contribution is -2.31. The van der Waals surface area contributed by atoms with Gasteiger partial charge in [-0.3, -0.25) is 4.79 Å². The first-order chi connectivity index (χ1) is 8.74. The number of fused-ring (bicyclic) bond motifs is 2. The number of benzene rings is 1. The number of hydrogen-bond acceptors (Lipinski definition) is 2. The zero-order chi connectivity index (χ0) is 12.5. The van der Waals surface area contributed by atoms with Crippen molar-refractivity contribution in [3.63, 3.8) is 0 Å². The van der Waals surface area contributed by atoms with E-state index >= 15 is 0 Å². The molecule has 2 fully saturated rings. The largest absolute Gasteiger partial charge is 0.352 e. The first kappa shape index (κ1) is 12.1. The molecular formula is C15H19NOS. The van der Waals surface area contributed by atoms with Gasteiger partial charge in [-0.2, -0.15) is 0 Å². The average molecular weight is 261 g/mol. The van der Waals surface area contributed by atoms with E-state index in [2.05, 4.69) is 17.9 Å². The predicted molar refractivity (Wildman–Crippen MR) is 75.0 cm³/mol. The van der Waals surface area contributed by atoms with E-state index in [9.17, 15) is 4.79 Å². The van der Waals surface area contributed by atoms with Crippen LogP contribution in [0.25, 0.3) is 0 Å². The molecule has 2 nitrogen and oxygen atoms in total. The van der Waals surface area contributed by atoms with E-state index in [1.165, 1.54) is 25.7 Å². The lowest BCUT2D eigenvalue weighted by molar-refractivity contribution is 0.0939. The Morgan fingerprint density at radius 3 is 2.78 bits per heavy atom. The minimum atomic E-state index is 0.0170. The van der Waals surface area contributed by atoms with Gasteiger partial charge in [0, 0.05) is 11.4 Å². The Kier molecular flexibility index (Phi) is 3.33. The quantitative estimate of drug-likeness (QED) is 0.804. The van der Waals surface area contributed by atoms with Gasteiger partial charge in [0.1, 0.15) is 0 Å². The summed E-state index contributed by atoms with van der Waals surface area (Å²) in [4.78, 5) is 12.8. The Hall–Kier alpha value is -0.960. The molecule has 3 unspecified atom stereocenters. The molecule has 1 amide bonds. The van der Waals surface area contributed by atoms with Gasteiger partial charge in [0.2, 0.25) is 0 Å². The van der Waals surface area contributed by atoms with Gasteiger partial charge < -0.3 is 5.32 Å². The SMILES string of the molecule is O=C(NCC1CC2CCC1C2)c1ccccc1S. The van der Waals surface area contributed by atoms with Crippen LogP contribution in [0.1, 0.15) is 36.0 Å². The van der Waals surface area contributed by atoms with Crippen LogP contribution < -0.4 is 5.32 Å². The van der Waals surface area contributed by atoms with E-state index in [1.807, 2.05) is 24.3 Å². The average Bonchev–Trinajstić information content (AvgIpc) is 2.98. The molecule has 1 N–H and O–H groups in total. The van der Waals surface area contributed by atoms with Crippen molar-refractivity contribution < 1.29 is 4.79 Å². The van der Waals surface area contributed by atoms with Crippen molar-refractivity contribution in [2.24, 2.45) is 17.8 Å². The molecule has 0 aromatic heterocycles. The van der Waals surface area contributed by atoms with Crippen molar-refractivity contribution in [1.29, 1.82) is 0 Å². The Morgan fingerprint density at radius 2 is 2.11 bits per heavy atom. The standard InChI is InChI=1S/C15H19NOS/c17-15(13-3-1-2-4-14(13)18)16-9-12-8-10-5-6-11(12)7-10/h1-4,10-12,18H,5-9H2,(H,16,17). The van der Waals surface area contributed by atoms with Gasteiger partial charge in [0.05, 0.1) is 5.56 Å². The minimum absolute atomic E-state index is 0.0170. The molecule has 0 radical (unpaired) electrons. The molecule has 2 aliphatic carbocycles. The van der Waals surface area contributed by atoms with Gasteiger partial charge in [-0.05, 0) is 49.1 Å². The summed E-state index contributed by atoms with van der Waals surface area (Å²) in [6.45, 7) is 0.835. The first-order valence-electron chi connectivity index (χ1n) is 6.80. The molecule has 2 saturated carbocycles. The summed E-state index contributed by atoms with van der Waals surface area (Å²) >= 11 is 4.32. The Balaban J connectivity index is 1.57. The molecule has 2 aliphatic rings. The third kappa shape index (κ3) is 2.28. The van der Waals surface area contributed by atoms with Crippen molar-refractivity contribution in [2.75, 3.05) is 6.54 Å². The lowest BCUT2D eigenvalue weighted by Gasteiger charge is -2.21. The maximum Gasteiger partial charge on any atom is 0.252 e. The molecule has 18 heavy (non-hydrogen) atoms. The Bertz CT molecular complexity index is 460. The summed E-state index contributed by atoms with van der Waals surface area (Å²) in [6, 6.07) is 7.47. The molecule has 1 aromatic carbocycles. The number of carbonyl (C=O) groups excluding carboxylic acids is 1. The molecule has 0 heterocycles. The third-order valence-electron chi connectivity index (χ3n) is 4.56. The highest BCUT2D eigenvalue weighted by Crippen LogP contribution is 2.47. The van der Waals surface area contributed by atoms with Crippen LogP contribution in [-0.2, 0) is 0 Å². The van der Waals surface area contributed by atoms with Crippen molar-refractivity contribution in [3.8, 4) is 0 Å². The molecule has 2 bridgehead atoms. The second-order valence-corrected chi connectivity index (χ2v) is 6.14. The molecule has 3 rings (SSSR count). The predicted octanol–water partition coefficient (Wildman–Crippen LogP) is 3.14. The van der Waals surface area contributed by atoms with Crippen LogP contribution in [0, 0.1) is 17.8 Å². The highest BCUT2D eigenvalue weighted by Gasteiger charge is 2.39. The van der Waals surface area contributed by atoms with Crippen molar-refractivity contribution in [2.45, 2.75) is 30.6 Å². The maximum absolute atomic E-state index is 12.1. The highest BCUT2D eigenvalue weighted by molar-refractivity contribution is 7.80. The van der Waals surface area contributed by atoms with Crippen LogP contribution in [0.2, 0.25) is 0 Å². The van der Waals surface area contributed by atoms with Gasteiger partial charge in [0.15, 0.2) is 0 Å². The first-order valence-corrected chi connectivity index (χ1v) is 7.25. The normalized spacial score (nSPS) is 29.5. The number of rotatable bonds is 3. The fraction of sp³-hybridized carbons (Fsp3) is 0.533. The highest BCUT2D eigenvalue weighted by atomic mass is 32.1. The van der Waals surface area contributed by atoms with Crippen LogP contribution >= 0.6 is 12.6 Å². The molecule has 3 atom stereocenters. The molecule has 3 heteroatoms. The van der Waals surface area contributed by atoms with Crippen LogP contribution in [0.5, 0.6) is 0 Å². The van der Waals surface area contributed by atoms with E-state index in [1.54, 1.807) is 0 Å². The number of nitrogens with one attached hydrogen (secondary N) is 1. The summed E-state index contributed by atoms with van der Waals surface area (Å²) < 4.78 is 0. The Morgan fingerprint density at radius 1 is 1.28 bits per heavy atom. The molecule has 0 spiro atoms. The molecule has 0 aliphatic heterocycles. The summed E-state index contributed by atoms with van der Waals surface area (Å²) in [5, 5.41) is 3.08. The fourth-order valence-corrected chi connectivity index (χ4v) is 3.87. The zero-order valence-electron chi connectivity index (χ0n) is 10.4. The monoisotopic (exact) mass is 261 g/mol. The summed E-state index contributed by atoms with van der Waals surface area (Å²) in [7, 11) is 0. The van der Waals surface area contributed by atoms with Crippen molar-refractivity contribution in [3.05, 3.63) is 29.8 Å². The molecule has 96 valence electrons. The maximum atomic E-state index is 12.1. The number of amides is 1. The number of hydrogen-bond donors (Lipinski definition) is 2. The topological polar surface area (TPSA) is 29.1 Å². The summed E-state index contributed by atoms with van der Waals surface area (Å²) in [6.07, 6.45) is 5.49. The van der Waals surface area contributed by atoms with Crippen LogP contribution in [0.15, 0.2) is 29.2 Å². The van der Waals surface area contributed by atoms with Crippen LogP contribution in [0.4, 0.5) is 0 Å². The minimum Gasteiger partial charge on any atom is -0.352 e. The van der Waals surface area contributed by atoms with E-state index in [0.29, 0.717) is 11.5 Å². The summed E-state index contributed by atoms with van der Waals surface area (Å²) in [5.41, 5.74) is 0.684. The van der Waals surface area contributed by atoms with Gasteiger partial charge in [-0.1, -0.05) is 18.6 Å². The van der Waals surface area contributed by atoms with Gasteiger partial charge >= 0.3 is 0 Å². The number of carbonyl (C=O) groups is 1. The van der Waals surface area contributed by atoms with Crippen LogP contribution in [0.3, 0.4) is 0 Å². The zero-order valence-corrected chi connectivity index (χ0v) is 11.3. The molecular weight excluding hydrogens is 242 g/mol. The van der Waals surface area contributed by atoms with Gasteiger partial charge in [0.25, 0.3) is 5.91 Å². The van der Waals surface area contributed by atoms with E-state index < -0.39 is 0 Å². The van der Waals surface area contributed by atoms with E-state index in [4.69, 9.17) is 0 Å². The van der Waals surface area contributed by atoms with Gasteiger partial charge in [-0.25, -0.2) is 0 Å². The van der Waals surface area contributed by atoms with Gasteiger partial charge in [-0.15, -0.1) is 12.6 Å². The second kappa shape index (κ2) is 4.96. The fourth-order valence-electron chi connectivity index (χ4n) is 3.61. The Labute approximate surface area is 114 Å². The van der Waals surface area contributed by atoms with E-state index in [0.717, 1.165) is 23.3 Å². The van der Waals surface area contributed by atoms with Crippen LogP contribution in [-0.4, -0.2) is 12.5 Å². The lowest BCUT2D eigenvalue weighted by atomic mass is 9.89. The summed E-state index contributed by atoms with van der Waals surface area (Å²) in [5.74, 6) is 2.53. The van der Waals surface area contributed by atoms with E-state index in [-0.39, 0.29) is 5.91 Å². The third-order valence-corrected chi connectivity index (χ3v) is 4.95. The number of thiol groups is 1. The van der Waals surface area contributed by atoms with Crippen molar-refractivity contribution >= 4 is 18.5 Å². The molecule has 1 aromatic rings. The second-order valence-electron chi connectivity index (χ2n) is 5.66.